The van der Waals surface area contributed by atoms with Crippen molar-refractivity contribution in [2.75, 3.05) is 0 Å². The van der Waals surface area contributed by atoms with Crippen molar-refractivity contribution < 1.29 is 55.0 Å². The van der Waals surface area contributed by atoms with Crippen LogP contribution in [0, 0.1) is 12.9 Å². The molecular formula is C61H58N3OPt-. The topological polar surface area (TPSA) is 50.9 Å². The first-order valence-corrected chi connectivity index (χ1v) is 21.0. The van der Waals surface area contributed by atoms with Crippen LogP contribution in [0.2, 0.25) is 0 Å². The van der Waals surface area contributed by atoms with E-state index in [1.165, 1.54) is 16.7 Å². The van der Waals surface area contributed by atoms with Crippen molar-refractivity contribution in [1.29, 1.82) is 0 Å². The summed E-state index contributed by atoms with van der Waals surface area (Å²) in [5.41, 5.74) is -5.05. The fourth-order valence-electron chi connectivity index (χ4n) is 8.17. The van der Waals surface area contributed by atoms with E-state index >= 15 is 0 Å². The van der Waals surface area contributed by atoms with Gasteiger partial charge in [0.15, 0.2) is 0 Å². The molecule has 5 heteroatoms. The van der Waals surface area contributed by atoms with Crippen LogP contribution >= 0.6 is 0 Å². The summed E-state index contributed by atoms with van der Waals surface area (Å²) in [4.78, 5) is 9.93. The van der Waals surface area contributed by atoms with Gasteiger partial charge in [0.2, 0.25) is 0 Å². The van der Waals surface area contributed by atoms with Gasteiger partial charge in [-0.1, -0.05) is 199 Å². The zero-order valence-electron chi connectivity index (χ0n) is 57.2. The van der Waals surface area contributed by atoms with E-state index in [4.69, 9.17) is 38.8 Å². The van der Waals surface area contributed by atoms with Crippen molar-refractivity contribution >= 4 is 11.0 Å². The first kappa shape index (κ1) is 26.7. The normalized spacial score (nSPS) is 18.1. The number of pyridine rings is 1. The fraction of sp³-hybridized carbons (Fsp3) is 0.213. The van der Waals surface area contributed by atoms with Gasteiger partial charge in [0.05, 0.1) is 22.3 Å². The number of nitrogens with zero attached hydrogens (tertiary/aromatic N) is 3. The Morgan fingerprint density at radius 3 is 1.89 bits per heavy atom. The first-order valence-electron chi connectivity index (χ1n) is 31.5. The zero-order chi connectivity index (χ0) is 63.3. The van der Waals surface area contributed by atoms with Crippen LogP contribution in [0.15, 0.2) is 164 Å². The molecule has 0 saturated heterocycles. The Morgan fingerprint density at radius 1 is 0.545 bits per heavy atom. The average Bonchev–Trinajstić information content (AvgIpc) is 1.29. The van der Waals surface area contributed by atoms with Crippen LogP contribution in [0.25, 0.3) is 83.9 Å². The molecule has 1 N–H and O–H groups in total. The standard InChI is InChI=1S/C61H58N3O.Pt/c1-39-24-26-41(27-25-39)43-30-31-62-53(35-43)46-33-44(40-18-13-11-14-19-40)32-45(34-46)49-22-17-23-55-56(49)63-58(51-37-48(60(5,6)7)38-52(57(51)65)61(8,9)10)64(55)54-29-28-47(59(2,3)4)36-50(54)42-20-15-12-16-21-42;/h11-33,35-38,65H,1-10H3;/q-1;/i1D3,5D3,6D3,7D3,8D3,9D3,10D3;. The second-order valence-electron chi connectivity index (χ2n) is 17.3. The van der Waals surface area contributed by atoms with E-state index in [0.29, 0.717) is 56.3 Å². The Kier molecular flexibility index (Phi) is 7.20. The van der Waals surface area contributed by atoms with Crippen LogP contribution in [0.3, 0.4) is 0 Å². The number of imidazole rings is 1. The number of benzene rings is 7. The van der Waals surface area contributed by atoms with E-state index in [1.807, 2.05) is 93.6 Å². The second-order valence-corrected chi connectivity index (χ2v) is 17.3. The molecule has 2 aromatic heterocycles. The van der Waals surface area contributed by atoms with E-state index in [1.54, 1.807) is 66.9 Å². The summed E-state index contributed by atoms with van der Waals surface area (Å²) < 4.78 is 184. The van der Waals surface area contributed by atoms with E-state index in [-0.39, 0.29) is 49.4 Å². The van der Waals surface area contributed by atoms with Gasteiger partial charge in [0, 0.05) is 72.9 Å². The molecule has 66 heavy (non-hydrogen) atoms. The largest absolute Gasteiger partial charge is 0.507 e. The predicted octanol–water partition coefficient (Wildman–Crippen LogP) is 16.1. The quantitative estimate of drug-likeness (QED) is 0.162. The van der Waals surface area contributed by atoms with Gasteiger partial charge in [-0.3, -0.25) is 9.55 Å². The second kappa shape index (κ2) is 17.8. The summed E-state index contributed by atoms with van der Waals surface area (Å²) >= 11 is 0. The fourth-order valence-corrected chi connectivity index (χ4v) is 8.17. The van der Waals surface area contributed by atoms with Crippen LogP contribution in [-0.2, 0) is 37.3 Å². The van der Waals surface area contributed by atoms with Crippen LogP contribution in [-0.4, -0.2) is 19.6 Å². The third-order valence-corrected chi connectivity index (χ3v) is 11.6. The summed E-state index contributed by atoms with van der Waals surface area (Å²) in [6.45, 7) is -21.1. The molecule has 0 unspecified atom stereocenters. The number of aromatic nitrogens is 3. The molecule has 0 aliphatic heterocycles. The smallest absolute Gasteiger partial charge is 0.148 e. The molecule has 9 rings (SSSR count). The summed E-state index contributed by atoms with van der Waals surface area (Å²) in [6.07, 6.45) is 1.60. The summed E-state index contributed by atoms with van der Waals surface area (Å²) in [5.74, 6) is -1.85. The van der Waals surface area contributed by atoms with Gasteiger partial charge in [-0.25, -0.2) is 4.98 Å². The van der Waals surface area contributed by atoms with E-state index in [9.17, 15) is 5.11 Å². The number of phenolic OH excluding ortho intramolecular Hbond substituents is 1. The molecule has 0 bridgehead atoms. The maximum Gasteiger partial charge on any atom is 0.148 e. The molecule has 0 atom stereocenters. The van der Waals surface area contributed by atoms with Crippen molar-refractivity contribution in [3.8, 4) is 78.6 Å². The number of aryl methyl sites for hydroxylation is 1. The van der Waals surface area contributed by atoms with Crippen molar-refractivity contribution in [3.05, 3.63) is 192 Å². The van der Waals surface area contributed by atoms with Crippen molar-refractivity contribution in [1.82, 2.24) is 14.5 Å². The number of rotatable bonds is 7. The molecule has 0 spiro atoms. The number of aromatic hydroxyl groups is 1. The molecule has 4 nitrogen and oxygen atoms in total. The molecule has 0 radical (unpaired) electrons. The molecular weight excluding hydrogens is 986 g/mol. The minimum Gasteiger partial charge on any atom is -0.507 e. The number of fused-ring (bicyclic) bond motifs is 1. The van der Waals surface area contributed by atoms with Gasteiger partial charge in [0.25, 0.3) is 0 Å². The monoisotopic (exact) mass is 1060 g/mol. The average molecular weight is 1070 g/mol. The maximum atomic E-state index is 13.1. The molecule has 9 aromatic rings. The number of hydrogen-bond acceptors (Lipinski definition) is 3. The van der Waals surface area contributed by atoms with E-state index in [2.05, 4.69) is 6.07 Å². The molecule has 2 heterocycles. The van der Waals surface area contributed by atoms with Gasteiger partial charge >= 0.3 is 0 Å². The number of phenols is 1. The molecule has 0 amide bonds. The third kappa shape index (κ3) is 9.09. The Morgan fingerprint density at radius 2 is 1.21 bits per heavy atom. The summed E-state index contributed by atoms with van der Waals surface area (Å²) in [5, 5.41) is 13.1. The SMILES string of the molecule is [2H]C([2H])([2H])c1ccc(-c2ccnc(-c3[c-]c(-c4cccc5c4nc(-c4cc(C(C([2H])([2H])[2H])(C([2H])([2H])[2H])C([2H])([2H])[2H])cc(C(C([2H])([2H])[2H])(C([2H])([2H])[2H])C([2H])([2H])[2H])c4O)n5-c4ccc(C(C)(C)C)cc4-c4ccccc4)cc(-c4ccccc4)c3)c2)cc1.[Pt]. The van der Waals surface area contributed by atoms with Crippen LogP contribution < -0.4 is 0 Å². The van der Waals surface area contributed by atoms with Crippen LogP contribution in [0.1, 0.15) is 113 Å². The molecule has 0 aliphatic carbocycles. The van der Waals surface area contributed by atoms with Crippen molar-refractivity contribution in [2.24, 2.45) is 0 Å². The van der Waals surface area contributed by atoms with Gasteiger partial charge in [-0.15, -0.1) is 23.8 Å². The molecule has 0 saturated carbocycles. The van der Waals surface area contributed by atoms with Crippen LogP contribution in [0.5, 0.6) is 5.75 Å². The predicted molar refractivity (Wildman–Crippen MR) is 273 cm³/mol. The Hall–Kier alpha value is -6.35. The summed E-state index contributed by atoms with van der Waals surface area (Å²) in [6, 6.07) is 47.1. The number of para-hydroxylation sites is 1. The molecule has 334 valence electrons. The maximum absolute atomic E-state index is 13.1. The van der Waals surface area contributed by atoms with Crippen molar-refractivity contribution in [3.63, 3.8) is 0 Å². The molecule has 7 aromatic carbocycles. The zero-order valence-corrected chi connectivity index (χ0v) is 38.5. The van der Waals surface area contributed by atoms with Gasteiger partial charge in [-0.2, -0.15) is 0 Å². The van der Waals surface area contributed by atoms with Gasteiger partial charge in [-0.05, 0) is 86.8 Å². The van der Waals surface area contributed by atoms with Crippen molar-refractivity contribution in [2.45, 2.75) is 85.0 Å². The first-order chi connectivity index (χ1) is 39.6. The van der Waals surface area contributed by atoms with Gasteiger partial charge in [0.1, 0.15) is 11.6 Å². The summed E-state index contributed by atoms with van der Waals surface area (Å²) in [7, 11) is 0. The number of hydrogen-bond donors (Lipinski definition) is 1. The Balaban J connectivity index is 0.00000982. The molecule has 0 aliphatic rings. The Bertz CT molecular complexity index is 3930. The molecule has 0 fully saturated rings. The minimum absolute atomic E-state index is 0. The third-order valence-electron chi connectivity index (χ3n) is 11.6. The van der Waals surface area contributed by atoms with Crippen LogP contribution in [0.4, 0.5) is 0 Å². The minimum atomic E-state index is -4.17. The van der Waals surface area contributed by atoms with Gasteiger partial charge < -0.3 is 5.11 Å². The Labute approximate surface area is 435 Å². The van der Waals surface area contributed by atoms with E-state index in [0.717, 1.165) is 11.1 Å². The van der Waals surface area contributed by atoms with E-state index < -0.39 is 92.5 Å².